The van der Waals surface area contributed by atoms with Crippen LogP contribution in [0.2, 0.25) is 0 Å². The van der Waals surface area contributed by atoms with Crippen LogP contribution >= 0.6 is 0 Å². The largest absolute Gasteiger partial charge is 0.482 e. The Hall–Kier alpha value is -2.56. The molecule has 2 aromatic rings. The van der Waals surface area contributed by atoms with Crippen molar-refractivity contribution in [2.75, 3.05) is 19.7 Å². The molecule has 0 aliphatic rings. The summed E-state index contributed by atoms with van der Waals surface area (Å²) in [7, 11) is 0. The monoisotopic (exact) mass is 385 g/mol. The van der Waals surface area contributed by atoms with E-state index < -0.39 is 5.97 Å². The standard InChI is InChI=1S/C23H31NO4/c1-16(2)11-13-24(14-12-17(3)4)21(25)15-28-22-19-8-6-5-7-18(19)9-10-20(22)23(26)27/h5-10,16-17H,11-15H2,1-4H3,(H,26,27). The quantitative estimate of drug-likeness (QED) is 0.636. The molecule has 0 atom stereocenters. The molecular formula is C23H31NO4. The van der Waals surface area contributed by atoms with Crippen molar-refractivity contribution in [1.29, 1.82) is 0 Å². The molecule has 5 nitrogen and oxygen atoms in total. The summed E-state index contributed by atoms with van der Waals surface area (Å²) in [5, 5.41) is 11.1. The van der Waals surface area contributed by atoms with Gasteiger partial charge in [0.1, 0.15) is 11.3 Å². The lowest BCUT2D eigenvalue weighted by atomic mass is 10.1. The lowest BCUT2D eigenvalue weighted by Crippen LogP contribution is -2.37. The number of carboxylic acids is 1. The highest BCUT2D eigenvalue weighted by atomic mass is 16.5. The Balaban J connectivity index is 2.18. The van der Waals surface area contributed by atoms with Crippen molar-refractivity contribution in [3.63, 3.8) is 0 Å². The second-order valence-electron chi connectivity index (χ2n) is 8.00. The number of fused-ring (bicyclic) bond motifs is 1. The average molecular weight is 386 g/mol. The fourth-order valence-corrected chi connectivity index (χ4v) is 2.98. The van der Waals surface area contributed by atoms with Gasteiger partial charge in [0, 0.05) is 18.5 Å². The fraction of sp³-hybridized carbons (Fsp3) is 0.478. The highest BCUT2D eigenvalue weighted by Gasteiger charge is 2.19. The first-order chi connectivity index (χ1) is 13.3. The first-order valence-electron chi connectivity index (χ1n) is 9.95. The van der Waals surface area contributed by atoms with Crippen LogP contribution < -0.4 is 4.74 Å². The third-order valence-electron chi connectivity index (χ3n) is 4.76. The highest BCUT2D eigenvalue weighted by molar-refractivity contribution is 6.00. The van der Waals surface area contributed by atoms with E-state index in [1.54, 1.807) is 6.07 Å². The van der Waals surface area contributed by atoms with Crippen LogP contribution in [0.1, 0.15) is 50.9 Å². The van der Waals surface area contributed by atoms with Crippen LogP contribution in [0.25, 0.3) is 10.8 Å². The maximum atomic E-state index is 12.8. The third kappa shape index (κ3) is 5.98. The van der Waals surface area contributed by atoms with Gasteiger partial charge in [-0.15, -0.1) is 0 Å². The molecule has 0 saturated carbocycles. The number of rotatable bonds is 10. The minimum Gasteiger partial charge on any atom is -0.482 e. The molecule has 0 saturated heterocycles. The van der Waals surface area contributed by atoms with Gasteiger partial charge in [-0.05, 0) is 36.1 Å². The number of nitrogens with zero attached hydrogens (tertiary/aromatic N) is 1. The third-order valence-corrected chi connectivity index (χ3v) is 4.76. The Labute approximate surface area is 167 Å². The van der Waals surface area contributed by atoms with Gasteiger partial charge in [0.05, 0.1) is 0 Å². The van der Waals surface area contributed by atoms with Crippen molar-refractivity contribution in [2.24, 2.45) is 11.8 Å². The van der Waals surface area contributed by atoms with Gasteiger partial charge >= 0.3 is 5.97 Å². The van der Waals surface area contributed by atoms with Gasteiger partial charge in [-0.3, -0.25) is 4.79 Å². The Kier molecular flexibility index (Phi) is 7.85. The topological polar surface area (TPSA) is 66.8 Å². The normalized spacial score (nSPS) is 11.2. The lowest BCUT2D eigenvalue weighted by Gasteiger charge is -2.25. The molecule has 0 aliphatic heterocycles. The van der Waals surface area contributed by atoms with E-state index in [1.165, 1.54) is 6.07 Å². The number of carbonyl (C=O) groups is 2. The molecule has 0 aliphatic carbocycles. The predicted molar refractivity (Wildman–Crippen MR) is 112 cm³/mol. The van der Waals surface area contributed by atoms with E-state index in [0.29, 0.717) is 30.3 Å². The maximum absolute atomic E-state index is 12.8. The molecule has 0 bridgehead atoms. The van der Waals surface area contributed by atoms with E-state index in [2.05, 4.69) is 27.7 Å². The van der Waals surface area contributed by atoms with Crippen LogP contribution in [0, 0.1) is 11.8 Å². The molecule has 5 heteroatoms. The van der Waals surface area contributed by atoms with Gasteiger partial charge < -0.3 is 14.7 Å². The Morgan fingerprint density at radius 2 is 1.57 bits per heavy atom. The molecule has 1 N–H and O–H groups in total. The summed E-state index contributed by atoms with van der Waals surface area (Å²) in [6, 6.07) is 10.7. The number of hydrogen-bond donors (Lipinski definition) is 1. The summed E-state index contributed by atoms with van der Waals surface area (Å²) in [6.45, 7) is 9.76. The summed E-state index contributed by atoms with van der Waals surface area (Å²) in [5.41, 5.74) is 0.0717. The first-order valence-corrected chi connectivity index (χ1v) is 9.95. The molecular weight excluding hydrogens is 354 g/mol. The SMILES string of the molecule is CC(C)CCN(CCC(C)C)C(=O)COc1c(C(=O)O)ccc2ccccc12. The zero-order chi connectivity index (χ0) is 20.7. The van der Waals surface area contributed by atoms with Crippen molar-refractivity contribution in [1.82, 2.24) is 4.90 Å². The Morgan fingerprint density at radius 1 is 0.964 bits per heavy atom. The van der Waals surface area contributed by atoms with E-state index >= 15 is 0 Å². The molecule has 1 amide bonds. The number of benzene rings is 2. The maximum Gasteiger partial charge on any atom is 0.339 e. The summed E-state index contributed by atoms with van der Waals surface area (Å²) in [6.07, 6.45) is 1.86. The minimum absolute atomic E-state index is 0.0717. The van der Waals surface area contributed by atoms with Crippen LogP contribution in [0.4, 0.5) is 0 Å². The van der Waals surface area contributed by atoms with E-state index in [1.807, 2.05) is 29.2 Å². The molecule has 152 valence electrons. The average Bonchev–Trinajstić information content (AvgIpc) is 2.65. The minimum atomic E-state index is -1.07. The van der Waals surface area contributed by atoms with Crippen LogP contribution in [-0.2, 0) is 4.79 Å². The molecule has 0 spiro atoms. The molecule has 0 radical (unpaired) electrons. The molecule has 2 aromatic carbocycles. The molecule has 2 rings (SSSR count). The number of carboxylic acid groups (broad SMARTS) is 1. The Morgan fingerprint density at radius 3 is 2.14 bits per heavy atom. The fourth-order valence-electron chi connectivity index (χ4n) is 2.98. The zero-order valence-electron chi connectivity index (χ0n) is 17.3. The predicted octanol–water partition coefficient (Wildman–Crippen LogP) is 4.84. The van der Waals surface area contributed by atoms with Gasteiger partial charge in [0.15, 0.2) is 6.61 Å². The molecule has 0 fully saturated rings. The van der Waals surface area contributed by atoms with Crippen molar-refractivity contribution < 1.29 is 19.4 Å². The number of ether oxygens (including phenoxy) is 1. The van der Waals surface area contributed by atoms with Crippen LogP contribution in [0.5, 0.6) is 5.75 Å². The summed E-state index contributed by atoms with van der Waals surface area (Å²) >= 11 is 0. The molecule has 0 aromatic heterocycles. The molecule has 0 unspecified atom stereocenters. The van der Waals surface area contributed by atoms with Crippen LogP contribution in [0.3, 0.4) is 0 Å². The van der Waals surface area contributed by atoms with Gasteiger partial charge in [0.25, 0.3) is 5.91 Å². The number of aromatic carboxylic acids is 1. The van der Waals surface area contributed by atoms with Crippen LogP contribution in [0.15, 0.2) is 36.4 Å². The molecule has 0 heterocycles. The molecule has 28 heavy (non-hydrogen) atoms. The summed E-state index contributed by atoms with van der Waals surface area (Å²) < 4.78 is 5.80. The Bertz CT molecular complexity index is 801. The van der Waals surface area contributed by atoms with E-state index in [4.69, 9.17) is 4.74 Å². The van der Waals surface area contributed by atoms with Crippen molar-refractivity contribution in [3.05, 3.63) is 42.0 Å². The summed E-state index contributed by atoms with van der Waals surface area (Å²) in [5.74, 6) is 0.0979. The van der Waals surface area contributed by atoms with E-state index in [0.717, 1.165) is 18.2 Å². The van der Waals surface area contributed by atoms with Gasteiger partial charge in [-0.2, -0.15) is 0 Å². The smallest absolute Gasteiger partial charge is 0.339 e. The second kappa shape index (κ2) is 10.1. The van der Waals surface area contributed by atoms with Crippen molar-refractivity contribution >= 4 is 22.6 Å². The van der Waals surface area contributed by atoms with Crippen LogP contribution in [-0.4, -0.2) is 41.6 Å². The number of carbonyl (C=O) groups excluding carboxylic acids is 1. The second-order valence-corrected chi connectivity index (χ2v) is 8.00. The van der Waals surface area contributed by atoms with Crippen molar-refractivity contribution in [3.8, 4) is 5.75 Å². The van der Waals surface area contributed by atoms with Gasteiger partial charge in [0.2, 0.25) is 0 Å². The number of amides is 1. The highest BCUT2D eigenvalue weighted by Crippen LogP contribution is 2.30. The van der Waals surface area contributed by atoms with Gasteiger partial charge in [-0.1, -0.05) is 58.0 Å². The van der Waals surface area contributed by atoms with Gasteiger partial charge in [-0.25, -0.2) is 4.79 Å². The lowest BCUT2D eigenvalue weighted by molar-refractivity contribution is -0.133. The zero-order valence-corrected chi connectivity index (χ0v) is 17.3. The van der Waals surface area contributed by atoms with E-state index in [9.17, 15) is 14.7 Å². The number of hydrogen-bond acceptors (Lipinski definition) is 3. The van der Waals surface area contributed by atoms with E-state index in [-0.39, 0.29) is 23.8 Å². The van der Waals surface area contributed by atoms with Crippen molar-refractivity contribution in [2.45, 2.75) is 40.5 Å². The summed E-state index contributed by atoms with van der Waals surface area (Å²) in [4.78, 5) is 26.3. The first kappa shape index (κ1) is 21.7.